The first-order valence-electron chi connectivity index (χ1n) is 4.48. The van der Waals surface area contributed by atoms with Crippen molar-refractivity contribution >= 4 is 5.69 Å². The van der Waals surface area contributed by atoms with Gasteiger partial charge in [-0.05, 0) is 25.5 Å². The second-order valence-electron chi connectivity index (χ2n) is 4.07. The first-order chi connectivity index (χ1) is 6.79. The molecule has 0 heterocycles. The molecule has 0 spiro atoms. The van der Waals surface area contributed by atoms with Crippen LogP contribution < -0.4 is 0 Å². The van der Waals surface area contributed by atoms with Crippen LogP contribution in [-0.2, 0) is 6.42 Å². The summed E-state index contributed by atoms with van der Waals surface area (Å²) in [5.74, 6) is -0.373. The summed E-state index contributed by atoms with van der Waals surface area (Å²) in [6.07, 6.45) is 0.332. The van der Waals surface area contributed by atoms with Crippen LogP contribution in [0.2, 0.25) is 0 Å². The summed E-state index contributed by atoms with van der Waals surface area (Å²) >= 11 is 0. The van der Waals surface area contributed by atoms with Crippen LogP contribution in [0, 0.1) is 10.1 Å². The third kappa shape index (κ3) is 3.21. The Morgan fingerprint density at radius 3 is 2.47 bits per heavy atom. The maximum absolute atomic E-state index is 10.4. The Bertz CT molecular complexity index is 381. The lowest BCUT2D eigenvalue weighted by Crippen LogP contribution is -2.21. The van der Waals surface area contributed by atoms with Gasteiger partial charge < -0.3 is 10.2 Å². The molecule has 0 aliphatic carbocycles. The van der Waals surface area contributed by atoms with Crippen molar-refractivity contribution in [1.82, 2.24) is 0 Å². The highest BCUT2D eigenvalue weighted by Gasteiger charge is 2.17. The molecular weight excluding hydrogens is 198 g/mol. The Morgan fingerprint density at radius 1 is 1.47 bits per heavy atom. The Balaban J connectivity index is 2.97. The lowest BCUT2D eigenvalue weighted by atomic mass is 9.98. The van der Waals surface area contributed by atoms with E-state index in [1.807, 2.05) is 0 Å². The molecule has 0 saturated carbocycles. The van der Waals surface area contributed by atoms with Crippen LogP contribution in [0.25, 0.3) is 0 Å². The van der Waals surface area contributed by atoms with E-state index in [4.69, 9.17) is 0 Å². The highest BCUT2D eigenvalue weighted by molar-refractivity contribution is 5.47. The smallest absolute Gasteiger partial charge is 0.310 e. The molecule has 0 amide bonds. The minimum absolute atomic E-state index is 0.325. The van der Waals surface area contributed by atoms with Gasteiger partial charge in [0, 0.05) is 12.5 Å². The van der Waals surface area contributed by atoms with Crippen molar-refractivity contribution in [3.63, 3.8) is 0 Å². The number of hydrogen-bond acceptors (Lipinski definition) is 4. The summed E-state index contributed by atoms with van der Waals surface area (Å²) in [4.78, 5) is 9.76. The Hall–Kier alpha value is -1.62. The molecule has 0 bridgehead atoms. The van der Waals surface area contributed by atoms with Crippen molar-refractivity contribution in [3.8, 4) is 5.75 Å². The molecule has 2 N–H and O–H groups in total. The van der Waals surface area contributed by atoms with E-state index in [2.05, 4.69) is 0 Å². The molecule has 0 aliphatic heterocycles. The number of phenolic OH excluding ortho intramolecular Hbond substituents is 1. The second kappa shape index (κ2) is 3.86. The van der Waals surface area contributed by atoms with Crippen molar-refractivity contribution < 1.29 is 15.1 Å². The van der Waals surface area contributed by atoms with Crippen molar-refractivity contribution in [3.05, 3.63) is 33.9 Å². The van der Waals surface area contributed by atoms with E-state index in [-0.39, 0.29) is 11.4 Å². The van der Waals surface area contributed by atoms with Crippen molar-refractivity contribution in [2.24, 2.45) is 0 Å². The highest BCUT2D eigenvalue weighted by Crippen LogP contribution is 2.27. The molecule has 0 aliphatic rings. The number of nitrogens with zero attached hydrogens (tertiary/aromatic N) is 1. The molecule has 0 radical (unpaired) electrons. The third-order valence-corrected chi connectivity index (χ3v) is 1.87. The van der Waals surface area contributed by atoms with E-state index >= 15 is 0 Å². The Kier molecular flexibility index (Phi) is 2.95. The molecule has 1 rings (SSSR count). The van der Waals surface area contributed by atoms with Crippen LogP contribution in [-0.4, -0.2) is 20.7 Å². The van der Waals surface area contributed by atoms with E-state index < -0.39 is 10.5 Å². The molecule has 5 heteroatoms. The van der Waals surface area contributed by atoms with Gasteiger partial charge in [0.2, 0.25) is 0 Å². The quantitative estimate of drug-likeness (QED) is 0.587. The normalized spacial score (nSPS) is 11.4. The third-order valence-electron chi connectivity index (χ3n) is 1.87. The van der Waals surface area contributed by atoms with Crippen LogP contribution in [0.15, 0.2) is 18.2 Å². The number of aliphatic hydroxyl groups is 1. The minimum Gasteiger partial charge on any atom is -0.502 e. The van der Waals surface area contributed by atoms with Crippen molar-refractivity contribution in [1.29, 1.82) is 0 Å². The molecule has 1 aromatic rings. The van der Waals surface area contributed by atoms with E-state index in [0.717, 1.165) is 0 Å². The first kappa shape index (κ1) is 11.5. The average Bonchev–Trinajstić information content (AvgIpc) is 1.99. The average molecular weight is 211 g/mol. The summed E-state index contributed by atoms with van der Waals surface area (Å²) in [6, 6.07) is 4.06. The first-order valence-corrected chi connectivity index (χ1v) is 4.48. The number of hydrogen-bond donors (Lipinski definition) is 2. The molecule has 5 nitrogen and oxygen atoms in total. The number of nitro benzene ring substituents is 1. The summed E-state index contributed by atoms with van der Waals surface area (Å²) in [5, 5.41) is 29.3. The van der Waals surface area contributed by atoms with Crippen LogP contribution in [0.4, 0.5) is 5.69 Å². The maximum Gasteiger partial charge on any atom is 0.310 e. The van der Waals surface area contributed by atoms with E-state index in [1.54, 1.807) is 13.8 Å². The number of phenols is 1. The molecule has 0 unspecified atom stereocenters. The zero-order chi connectivity index (χ0) is 11.6. The van der Waals surface area contributed by atoms with Crippen LogP contribution >= 0.6 is 0 Å². The van der Waals surface area contributed by atoms with Gasteiger partial charge in [-0.25, -0.2) is 0 Å². The summed E-state index contributed by atoms with van der Waals surface area (Å²) in [5.41, 5.74) is -0.567. The zero-order valence-electron chi connectivity index (χ0n) is 8.60. The Morgan fingerprint density at radius 2 is 2.07 bits per heavy atom. The molecule has 82 valence electrons. The SMILES string of the molecule is CC(C)(O)Cc1ccc([N+](=O)[O-])c(O)c1. The van der Waals surface area contributed by atoms with Gasteiger partial charge in [-0.15, -0.1) is 0 Å². The second-order valence-corrected chi connectivity index (χ2v) is 4.07. The van der Waals surface area contributed by atoms with Crippen molar-refractivity contribution in [2.45, 2.75) is 25.9 Å². The van der Waals surface area contributed by atoms with E-state index in [9.17, 15) is 20.3 Å². The van der Waals surface area contributed by atoms with Gasteiger partial charge in [-0.3, -0.25) is 10.1 Å². The molecule has 0 atom stereocenters. The Labute approximate surface area is 87.1 Å². The van der Waals surface area contributed by atoms with Gasteiger partial charge in [-0.2, -0.15) is 0 Å². The topological polar surface area (TPSA) is 83.6 Å². The molecule has 0 fully saturated rings. The van der Waals surface area contributed by atoms with Crippen LogP contribution in [0.3, 0.4) is 0 Å². The largest absolute Gasteiger partial charge is 0.502 e. The summed E-state index contributed by atoms with van der Waals surface area (Å²) in [6.45, 7) is 3.26. The van der Waals surface area contributed by atoms with Gasteiger partial charge in [0.15, 0.2) is 5.75 Å². The fraction of sp³-hybridized carbons (Fsp3) is 0.400. The van der Waals surface area contributed by atoms with Crippen molar-refractivity contribution in [2.75, 3.05) is 0 Å². The zero-order valence-corrected chi connectivity index (χ0v) is 8.60. The number of aromatic hydroxyl groups is 1. The highest BCUT2D eigenvalue weighted by atomic mass is 16.6. The predicted molar refractivity (Wildman–Crippen MR) is 54.8 cm³/mol. The predicted octanol–water partition coefficient (Wildman–Crippen LogP) is 1.61. The maximum atomic E-state index is 10.4. The minimum atomic E-state index is -0.900. The summed E-state index contributed by atoms with van der Waals surface area (Å²) < 4.78 is 0. The molecule has 0 aromatic heterocycles. The van der Waals surface area contributed by atoms with E-state index in [1.165, 1.54) is 18.2 Å². The fourth-order valence-electron chi connectivity index (χ4n) is 1.33. The fourth-order valence-corrected chi connectivity index (χ4v) is 1.33. The van der Waals surface area contributed by atoms with Gasteiger partial charge in [0.25, 0.3) is 0 Å². The number of benzene rings is 1. The molecule has 1 aromatic carbocycles. The molecule has 15 heavy (non-hydrogen) atoms. The lowest BCUT2D eigenvalue weighted by Gasteiger charge is -2.16. The van der Waals surface area contributed by atoms with Crippen LogP contribution in [0.1, 0.15) is 19.4 Å². The monoisotopic (exact) mass is 211 g/mol. The lowest BCUT2D eigenvalue weighted by molar-refractivity contribution is -0.385. The standard InChI is InChI=1S/C10H13NO4/c1-10(2,13)6-7-3-4-8(11(14)15)9(12)5-7/h3-5,12-13H,6H2,1-2H3. The number of rotatable bonds is 3. The van der Waals surface area contributed by atoms with Gasteiger partial charge in [0.05, 0.1) is 10.5 Å². The van der Waals surface area contributed by atoms with Gasteiger partial charge in [0.1, 0.15) is 0 Å². The molecule has 0 saturated heterocycles. The van der Waals surface area contributed by atoms with Gasteiger partial charge in [-0.1, -0.05) is 6.07 Å². The summed E-state index contributed by atoms with van der Waals surface area (Å²) in [7, 11) is 0. The molecular formula is C10H13NO4. The van der Waals surface area contributed by atoms with E-state index in [0.29, 0.717) is 12.0 Å². The number of nitro groups is 1. The van der Waals surface area contributed by atoms with Crippen LogP contribution in [0.5, 0.6) is 5.75 Å². The van der Waals surface area contributed by atoms with Gasteiger partial charge >= 0.3 is 5.69 Å².